The highest BCUT2D eigenvalue weighted by molar-refractivity contribution is 5.27. The number of hydrogen-bond donors (Lipinski definition) is 1. The SMILES string of the molecule is COCC(C)NC(C)Cc1ccc(OC)cc1. The summed E-state index contributed by atoms with van der Waals surface area (Å²) in [6.07, 6.45) is 1.01. The van der Waals surface area contributed by atoms with Crippen LogP contribution in [0.5, 0.6) is 5.75 Å². The summed E-state index contributed by atoms with van der Waals surface area (Å²) in [4.78, 5) is 0. The lowest BCUT2D eigenvalue weighted by Gasteiger charge is -2.19. The summed E-state index contributed by atoms with van der Waals surface area (Å²) in [5, 5.41) is 3.50. The van der Waals surface area contributed by atoms with E-state index in [1.807, 2.05) is 12.1 Å². The molecule has 0 saturated heterocycles. The second-order valence-corrected chi connectivity index (χ2v) is 4.48. The van der Waals surface area contributed by atoms with E-state index >= 15 is 0 Å². The van der Waals surface area contributed by atoms with Crippen molar-refractivity contribution in [2.24, 2.45) is 0 Å². The van der Waals surface area contributed by atoms with Crippen molar-refractivity contribution in [1.82, 2.24) is 5.32 Å². The molecule has 0 aromatic heterocycles. The van der Waals surface area contributed by atoms with E-state index in [9.17, 15) is 0 Å². The minimum Gasteiger partial charge on any atom is -0.497 e. The van der Waals surface area contributed by atoms with Crippen molar-refractivity contribution in [3.8, 4) is 5.75 Å². The molecule has 0 bridgehead atoms. The number of nitrogens with one attached hydrogen (secondary N) is 1. The van der Waals surface area contributed by atoms with Gasteiger partial charge < -0.3 is 14.8 Å². The molecule has 3 heteroatoms. The highest BCUT2D eigenvalue weighted by atomic mass is 16.5. The van der Waals surface area contributed by atoms with Gasteiger partial charge in [-0.2, -0.15) is 0 Å². The largest absolute Gasteiger partial charge is 0.497 e. The number of methoxy groups -OCH3 is 2. The van der Waals surface area contributed by atoms with Gasteiger partial charge in [-0.05, 0) is 38.0 Å². The molecule has 0 aliphatic carbocycles. The maximum Gasteiger partial charge on any atom is 0.118 e. The third-order valence-corrected chi connectivity index (χ3v) is 2.69. The van der Waals surface area contributed by atoms with Crippen LogP contribution in [-0.4, -0.2) is 32.9 Å². The molecule has 0 saturated carbocycles. The Morgan fingerprint density at radius 2 is 1.71 bits per heavy atom. The Hall–Kier alpha value is -1.06. The molecule has 1 N–H and O–H groups in total. The molecule has 0 fully saturated rings. The second kappa shape index (κ2) is 7.30. The fourth-order valence-electron chi connectivity index (χ4n) is 1.96. The van der Waals surface area contributed by atoms with Crippen molar-refractivity contribution in [1.29, 1.82) is 0 Å². The molecular formula is C14H23NO2. The standard InChI is InChI=1S/C14H23NO2/c1-11(15-12(2)10-16-3)9-13-5-7-14(17-4)8-6-13/h5-8,11-12,15H,9-10H2,1-4H3. The van der Waals surface area contributed by atoms with Crippen molar-refractivity contribution >= 4 is 0 Å². The van der Waals surface area contributed by atoms with Crippen LogP contribution in [-0.2, 0) is 11.2 Å². The molecule has 1 rings (SSSR count). The quantitative estimate of drug-likeness (QED) is 0.789. The van der Waals surface area contributed by atoms with E-state index in [2.05, 4.69) is 31.3 Å². The van der Waals surface area contributed by atoms with Crippen molar-refractivity contribution in [3.05, 3.63) is 29.8 Å². The lowest BCUT2D eigenvalue weighted by Crippen LogP contribution is -2.38. The Balaban J connectivity index is 2.41. The summed E-state index contributed by atoms with van der Waals surface area (Å²) in [5.74, 6) is 0.905. The molecule has 96 valence electrons. The summed E-state index contributed by atoms with van der Waals surface area (Å²) < 4.78 is 10.2. The first-order valence-corrected chi connectivity index (χ1v) is 6.03. The summed E-state index contributed by atoms with van der Waals surface area (Å²) in [5.41, 5.74) is 1.32. The Morgan fingerprint density at radius 3 is 2.24 bits per heavy atom. The molecule has 2 unspecified atom stereocenters. The molecule has 0 aliphatic heterocycles. The van der Waals surface area contributed by atoms with Gasteiger partial charge in [0.15, 0.2) is 0 Å². The van der Waals surface area contributed by atoms with Crippen LogP contribution in [0.4, 0.5) is 0 Å². The van der Waals surface area contributed by atoms with E-state index in [-0.39, 0.29) is 0 Å². The first kappa shape index (κ1) is 14.0. The maximum absolute atomic E-state index is 5.14. The van der Waals surface area contributed by atoms with E-state index in [1.54, 1.807) is 14.2 Å². The van der Waals surface area contributed by atoms with Crippen molar-refractivity contribution < 1.29 is 9.47 Å². The smallest absolute Gasteiger partial charge is 0.118 e. The highest BCUT2D eigenvalue weighted by Crippen LogP contribution is 2.12. The Kier molecular flexibility index (Phi) is 6.01. The molecule has 0 aliphatic rings. The van der Waals surface area contributed by atoms with Crippen LogP contribution in [0, 0.1) is 0 Å². The van der Waals surface area contributed by atoms with Crippen LogP contribution in [0.15, 0.2) is 24.3 Å². The van der Waals surface area contributed by atoms with Gasteiger partial charge in [0.05, 0.1) is 13.7 Å². The van der Waals surface area contributed by atoms with Crippen molar-refractivity contribution in [2.45, 2.75) is 32.4 Å². The molecule has 17 heavy (non-hydrogen) atoms. The molecule has 3 nitrogen and oxygen atoms in total. The van der Waals surface area contributed by atoms with Gasteiger partial charge in [0.25, 0.3) is 0 Å². The Morgan fingerprint density at radius 1 is 1.06 bits per heavy atom. The Bertz CT molecular complexity index is 311. The summed E-state index contributed by atoms with van der Waals surface area (Å²) in [6, 6.07) is 9.04. The van der Waals surface area contributed by atoms with Gasteiger partial charge in [0, 0.05) is 19.2 Å². The number of hydrogen-bond acceptors (Lipinski definition) is 3. The number of ether oxygens (including phenoxy) is 2. The van der Waals surface area contributed by atoms with Crippen LogP contribution in [0.1, 0.15) is 19.4 Å². The van der Waals surface area contributed by atoms with Gasteiger partial charge in [-0.25, -0.2) is 0 Å². The second-order valence-electron chi connectivity index (χ2n) is 4.48. The Labute approximate surface area is 104 Å². The number of rotatable bonds is 7. The van der Waals surface area contributed by atoms with E-state index in [1.165, 1.54) is 5.56 Å². The zero-order valence-electron chi connectivity index (χ0n) is 11.2. The van der Waals surface area contributed by atoms with Gasteiger partial charge in [-0.3, -0.25) is 0 Å². The predicted octanol–water partition coefficient (Wildman–Crippen LogP) is 2.25. The number of benzene rings is 1. The summed E-state index contributed by atoms with van der Waals surface area (Å²) in [7, 11) is 3.41. The molecule has 1 aromatic rings. The van der Waals surface area contributed by atoms with Gasteiger partial charge in [0.2, 0.25) is 0 Å². The average molecular weight is 237 g/mol. The monoisotopic (exact) mass is 237 g/mol. The fraction of sp³-hybridized carbons (Fsp3) is 0.571. The first-order valence-electron chi connectivity index (χ1n) is 6.03. The van der Waals surface area contributed by atoms with Crippen molar-refractivity contribution in [3.63, 3.8) is 0 Å². The lowest BCUT2D eigenvalue weighted by atomic mass is 10.1. The van der Waals surface area contributed by atoms with Gasteiger partial charge in [-0.15, -0.1) is 0 Å². The highest BCUT2D eigenvalue weighted by Gasteiger charge is 2.07. The molecule has 0 heterocycles. The van der Waals surface area contributed by atoms with Crippen LogP contribution >= 0.6 is 0 Å². The van der Waals surface area contributed by atoms with Crippen LogP contribution in [0.3, 0.4) is 0 Å². The average Bonchev–Trinajstić information content (AvgIpc) is 2.30. The molecule has 1 aromatic carbocycles. The zero-order valence-corrected chi connectivity index (χ0v) is 11.2. The van der Waals surface area contributed by atoms with Gasteiger partial charge in [-0.1, -0.05) is 12.1 Å². The summed E-state index contributed by atoms with van der Waals surface area (Å²) >= 11 is 0. The minimum atomic E-state index is 0.383. The zero-order chi connectivity index (χ0) is 12.7. The van der Waals surface area contributed by atoms with Crippen molar-refractivity contribution in [2.75, 3.05) is 20.8 Å². The maximum atomic E-state index is 5.14. The molecular weight excluding hydrogens is 214 g/mol. The fourth-order valence-corrected chi connectivity index (χ4v) is 1.96. The topological polar surface area (TPSA) is 30.5 Å². The van der Waals surface area contributed by atoms with Gasteiger partial charge in [0.1, 0.15) is 5.75 Å². The molecule has 2 atom stereocenters. The van der Waals surface area contributed by atoms with Crippen LogP contribution < -0.4 is 10.1 Å². The van der Waals surface area contributed by atoms with E-state index in [0.717, 1.165) is 18.8 Å². The third kappa shape index (κ3) is 5.20. The third-order valence-electron chi connectivity index (χ3n) is 2.69. The minimum absolute atomic E-state index is 0.383. The summed E-state index contributed by atoms with van der Waals surface area (Å²) in [6.45, 7) is 5.07. The van der Waals surface area contributed by atoms with E-state index in [4.69, 9.17) is 9.47 Å². The van der Waals surface area contributed by atoms with Gasteiger partial charge >= 0.3 is 0 Å². The van der Waals surface area contributed by atoms with E-state index in [0.29, 0.717) is 12.1 Å². The lowest BCUT2D eigenvalue weighted by molar-refractivity contribution is 0.167. The molecule has 0 spiro atoms. The molecule has 0 radical (unpaired) electrons. The molecule has 0 amide bonds. The first-order chi connectivity index (χ1) is 8.15. The van der Waals surface area contributed by atoms with Crippen LogP contribution in [0.25, 0.3) is 0 Å². The normalized spacial score (nSPS) is 14.4. The predicted molar refractivity (Wildman–Crippen MR) is 70.6 cm³/mol. The van der Waals surface area contributed by atoms with E-state index < -0.39 is 0 Å². The van der Waals surface area contributed by atoms with Crippen LogP contribution in [0.2, 0.25) is 0 Å².